The van der Waals surface area contributed by atoms with Gasteiger partial charge in [0.25, 0.3) is 0 Å². The Kier molecular flexibility index (Phi) is 3.98. The molecule has 2 nitrogen and oxygen atoms in total. The lowest BCUT2D eigenvalue weighted by atomic mass is 10.0. The molecular formula is C13H22N2S. The van der Waals surface area contributed by atoms with Gasteiger partial charge in [-0.25, -0.2) is 4.98 Å². The minimum absolute atomic E-state index is 0.678. The molecule has 1 aliphatic rings. The number of hydrogen-bond acceptors (Lipinski definition) is 3. The predicted molar refractivity (Wildman–Crippen MR) is 70.0 cm³/mol. The summed E-state index contributed by atoms with van der Waals surface area (Å²) in [6, 6.07) is 0. The van der Waals surface area contributed by atoms with Gasteiger partial charge in [0.1, 0.15) is 0 Å². The van der Waals surface area contributed by atoms with Gasteiger partial charge in [0.05, 0.1) is 11.2 Å². The third kappa shape index (κ3) is 3.05. The third-order valence-corrected chi connectivity index (χ3v) is 4.61. The maximum absolute atomic E-state index is 4.28. The molecule has 0 aromatic carbocycles. The Morgan fingerprint density at radius 3 is 2.88 bits per heavy atom. The van der Waals surface area contributed by atoms with Gasteiger partial charge in [0, 0.05) is 18.0 Å². The van der Waals surface area contributed by atoms with Crippen LogP contribution < -0.4 is 5.32 Å². The van der Waals surface area contributed by atoms with Crippen LogP contribution in [0.25, 0.3) is 0 Å². The molecule has 0 spiro atoms. The first kappa shape index (κ1) is 12.1. The van der Waals surface area contributed by atoms with E-state index in [2.05, 4.69) is 24.1 Å². The normalized spacial score (nSPS) is 17.6. The standard InChI is InChI=1S/C13H22N2S/c1-3-5-13(6-7-13)9-14-8-4-12-11(2)15-10-16-12/h10,14H,3-9H2,1-2H3. The number of hydrogen-bond donors (Lipinski definition) is 1. The highest BCUT2D eigenvalue weighted by Gasteiger charge is 2.40. The minimum atomic E-state index is 0.678. The minimum Gasteiger partial charge on any atom is -0.316 e. The quantitative estimate of drug-likeness (QED) is 0.738. The second kappa shape index (κ2) is 5.28. The summed E-state index contributed by atoms with van der Waals surface area (Å²) in [5.74, 6) is 0. The summed E-state index contributed by atoms with van der Waals surface area (Å²) in [6.07, 6.45) is 6.74. The highest BCUT2D eigenvalue weighted by atomic mass is 32.1. The molecule has 0 amide bonds. The van der Waals surface area contributed by atoms with Crippen molar-refractivity contribution in [1.82, 2.24) is 10.3 Å². The summed E-state index contributed by atoms with van der Waals surface area (Å²) < 4.78 is 0. The van der Waals surface area contributed by atoms with Gasteiger partial charge in [-0.15, -0.1) is 11.3 Å². The Hall–Kier alpha value is -0.410. The van der Waals surface area contributed by atoms with Crippen LogP contribution in [0.15, 0.2) is 5.51 Å². The number of nitrogens with one attached hydrogen (secondary N) is 1. The fourth-order valence-electron chi connectivity index (χ4n) is 2.34. The van der Waals surface area contributed by atoms with E-state index in [-0.39, 0.29) is 0 Å². The lowest BCUT2D eigenvalue weighted by molar-refractivity contribution is 0.423. The van der Waals surface area contributed by atoms with E-state index < -0.39 is 0 Å². The van der Waals surface area contributed by atoms with Crippen LogP contribution in [0.1, 0.15) is 43.2 Å². The van der Waals surface area contributed by atoms with Crippen LogP contribution in [0.3, 0.4) is 0 Å². The van der Waals surface area contributed by atoms with Gasteiger partial charge in [-0.3, -0.25) is 0 Å². The van der Waals surface area contributed by atoms with Crippen molar-refractivity contribution in [3.63, 3.8) is 0 Å². The van der Waals surface area contributed by atoms with Crippen LogP contribution in [0.4, 0.5) is 0 Å². The first-order chi connectivity index (χ1) is 7.76. The average Bonchev–Trinajstić information content (AvgIpc) is 2.91. The van der Waals surface area contributed by atoms with E-state index in [1.165, 1.54) is 42.8 Å². The number of nitrogens with zero attached hydrogens (tertiary/aromatic N) is 1. The molecule has 0 atom stereocenters. The topological polar surface area (TPSA) is 24.9 Å². The van der Waals surface area contributed by atoms with Crippen molar-refractivity contribution in [1.29, 1.82) is 0 Å². The van der Waals surface area contributed by atoms with Gasteiger partial charge in [-0.2, -0.15) is 0 Å². The third-order valence-electron chi connectivity index (χ3n) is 3.61. The van der Waals surface area contributed by atoms with Crippen LogP contribution >= 0.6 is 11.3 Å². The molecule has 0 bridgehead atoms. The van der Waals surface area contributed by atoms with Crippen molar-refractivity contribution in [2.24, 2.45) is 5.41 Å². The lowest BCUT2D eigenvalue weighted by Crippen LogP contribution is -2.25. The van der Waals surface area contributed by atoms with Crippen molar-refractivity contribution in [2.75, 3.05) is 13.1 Å². The zero-order valence-electron chi connectivity index (χ0n) is 10.4. The number of aryl methyl sites for hydroxylation is 1. The van der Waals surface area contributed by atoms with Crippen LogP contribution in [-0.2, 0) is 6.42 Å². The Morgan fingerprint density at radius 1 is 1.50 bits per heavy atom. The summed E-state index contributed by atoms with van der Waals surface area (Å²) in [5.41, 5.74) is 3.84. The van der Waals surface area contributed by atoms with E-state index in [4.69, 9.17) is 0 Å². The van der Waals surface area contributed by atoms with Gasteiger partial charge >= 0.3 is 0 Å². The fraction of sp³-hybridized carbons (Fsp3) is 0.769. The molecule has 0 aliphatic heterocycles. The Balaban J connectivity index is 1.64. The molecule has 0 saturated heterocycles. The molecule has 3 heteroatoms. The Bertz CT molecular complexity index is 328. The summed E-state index contributed by atoms with van der Waals surface area (Å²) in [6.45, 7) is 6.72. The van der Waals surface area contributed by atoms with Gasteiger partial charge in [-0.05, 0) is 38.0 Å². The second-order valence-electron chi connectivity index (χ2n) is 5.04. The van der Waals surface area contributed by atoms with Crippen molar-refractivity contribution < 1.29 is 0 Å². The zero-order valence-corrected chi connectivity index (χ0v) is 11.2. The summed E-state index contributed by atoms with van der Waals surface area (Å²) in [5, 5.41) is 3.62. The van der Waals surface area contributed by atoms with E-state index in [1.54, 1.807) is 11.3 Å². The molecule has 0 unspecified atom stereocenters. The van der Waals surface area contributed by atoms with E-state index >= 15 is 0 Å². The van der Waals surface area contributed by atoms with Crippen LogP contribution in [0.2, 0.25) is 0 Å². The van der Waals surface area contributed by atoms with E-state index in [9.17, 15) is 0 Å². The Morgan fingerprint density at radius 2 is 2.31 bits per heavy atom. The molecule has 90 valence electrons. The predicted octanol–water partition coefficient (Wildman–Crippen LogP) is 3.16. The van der Waals surface area contributed by atoms with Crippen molar-refractivity contribution >= 4 is 11.3 Å². The van der Waals surface area contributed by atoms with Gasteiger partial charge in [0.2, 0.25) is 0 Å². The van der Waals surface area contributed by atoms with Crippen LogP contribution in [0, 0.1) is 12.3 Å². The molecule has 1 fully saturated rings. The maximum Gasteiger partial charge on any atom is 0.0797 e. The zero-order chi connectivity index (χ0) is 11.4. The summed E-state index contributed by atoms with van der Waals surface area (Å²) >= 11 is 1.78. The Labute approximate surface area is 102 Å². The smallest absolute Gasteiger partial charge is 0.0797 e. The molecule has 1 aliphatic carbocycles. The molecule has 1 heterocycles. The first-order valence-electron chi connectivity index (χ1n) is 6.35. The lowest BCUT2D eigenvalue weighted by Gasteiger charge is -2.14. The molecule has 2 rings (SSSR count). The van der Waals surface area contributed by atoms with Crippen LogP contribution in [-0.4, -0.2) is 18.1 Å². The van der Waals surface area contributed by atoms with Gasteiger partial charge in [0.15, 0.2) is 0 Å². The molecule has 1 N–H and O–H groups in total. The van der Waals surface area contributed by atoms with Crippen molar-refractivity contribution in [3.8, 4) is 0 Å². The van der Waals surface area contributed by atoms with Crippen molar-refractivity contribution in [3.05, 3.63) is 16.1 Å². The van der Waals surface area contributed by atoms with Gasteiger partial charge in [-0.1, -0.05) is 13.3 Å². The second-order valence-corrected chi connectivity index (χ2v) is 5.98. The molecular weight excluding hydrogens is 216 g/mol. The summed E-state index contributed by atoms with van der Waals surface area (Å²) in [4.78, 5) is 5.71. The van der Waals surface area contributed by atoms with Crippen LogP contribution in [0.5, 0.6) is 0 Å². The largest absolute Gasteiger partial charge is 0.316 e. The number of thiazole rings is 1. The van der Waals surface area contributed by atoms with E-state index in [0.717, 1.165) is 13.0 Å². The van der Waals surface area contributed by atoms with E-state index in [1.807, 2.05) is 5.51 Å². The summed E-state index contributed by atoms with van der Waals surface area (Å²) in [7, 11) is 0. The number of rotatable bonds is 7. The number of aromatic nitrogens is 1. The monoisotopic (exact) mass is 238 g/mol. The maximum atomic E-state index is 4.28. The molecule has 1 saturated carbocycles. The SMILES string of the molecule is CCCC1(CNCCc2scnc2C)CC1. The molecule has 16 heavy (non-hydrogen) atoms. The average molecular weight is 238 g/mol. The van der Waals surface area contributed by atoms with E-state index in [0.29, 0.717) is 5.41 Å². The molecule has 0 radical (unpaired) electrons. The fourth-order valence-corrected chi connectivity index (χ4v) is 3.13. The van der Waals surface area contributed by atoms with Gasteiger partial charge < -0.3 is 5.32 Å². The molecule has 1 aromatic heterocycles. The first-order valence-corrected chi connectivity index (χ1v) is 7.23. The van der Waals surface area contributed by atoms with Crippen molar-refractivity contribution in [2.45, 2.75) is 46.0 Å². The highest BCUT2D eigenvalue weighted by molar-refractivity contribution is 7.09. The highest BCUT2D eigenvalue weighted by Crippen LogP contribution is 2.48. The molecule has 1 aromatic rings.